The molecule has 0 aliphatic carbocycles. The lowest BCUT2D eigenvalue weighted by Gasteiger charge is -2.34. The molecule has 0 saturated heterocycles. The molecule has 0 radical (unpaired) electrons. The predicted molar refractivity (Wildman–Crippen MR) is 126 cm³/mol. The van der Waals surface area contributed by atoms with E-state index < -0.39 is 5.72 Å². The quantitative estimate of drug-likeness (QED) is 0.526. The number of halogens is 1. The molecule has 0 fully saturated rings. The van der Waals surface area contributed by atoms with Crippen LogP contribution in [0.5, 0.6) is 5.75 Å². The van der Waals surface area contributed by atoms with Gasteiger partial charge in [-0.2, -0.15) is 0 Å². The zero-order chi connectivity index (χ0) is 23.6. The van der Waals surface area contributed by atoms with Gasteiger partial charge in [-0.25, -0.2) is 9.37 Å². The molecule has 0 N–H and O–H groups in total. The van der Waals surface area contributed by atoms with Crippen molar-refractivity contribution in [3.63, 3.8) is 0 Å². The summed E-state index contributed by atoms with van der Waals surface area (Å²) in [5, 5.41) is 4.28. The minimum Gasteiger partial charge on any atom is -0.495 e. The largest absolute Gasteiger partial charge is 0.495 e. The van der Waals surface area contributed by atoms with Crippen molar-refractivity contribution >= 4 is 5.84 Å². The van der Waals surface area contributed by atoms with Crippen molar-refractivity contribution in [2.24, 2.45) is 11.1 Å². The molecule has 1 aliphatic heterocycles. The summed E-state index contributed by atoms with van der Waals surface area (Å²) in [5.74, 6) is 7.61. The monoisotopic (exact) mass is 446 g/mol. The van der Waals surface area contributed by atoms with E-state index in [4.69, 9.17) is 9.57 Å². The van der Waals surface area contributed by atoms with E-state index in [0.29, 0.717) is 24.0 Å². The van der Waals surface area contributed by atoms with Gasteiger partial charge in [0.15, 0.2) is 0 Å². The van der Waals surface area contributed by atoms with Crippen LogP contribution in [0.2, 0.25) is 0 Å². The zero-order valence-electron chi connectivity index (χ0n) is 19.5. The van der Waals surface area contributed by atoms with E-state index in [1.807, 2.05) is 47.7 Å². The number of benzene rings is 2. The van der Waals surface area contributed by atoms with Gasteiger partial charge >= 0.3 is 0 Å². The number of hydrogen-bond acceptors (Lipinski definition) is 5. The number of aryl methyl sites for hydroxylation is 1. The highest BCUT2D eigenvalue weighted by Gasteiger charge is 2.43. The molecule has 7 heteroatoms. The highest BCUT2D eigenvalue weighted by Crippen LogP contribution is 2.35. The summed E-state index contributed by atoms with van der Waals surface area (Å²) in [5.41, 5.74) is 2.55. The first-order valence-corrected chi connectivity index (χ1v) is 10.8. The third-order valence-corrected chi connectivity index (χ3v) is 5.50. The highest BCUT2D eigenvalue weighted by molar-refractivity contribution is 5.99. The smallest absolute Gasteiger partial charge is 0.234 e. The predicted octanol–water partition coefficient (Wildman–Crippen LogP) is 4.85. The Morgan fingerprint density at radius 1 is 1.15 bits per heavy atom. The van der Waals surface area contributed by atoms with Crippen LogP contribution in [0.4, 0.5) is 4.39 Å². The Balaban J connectivity index is 1.63. The Bertz CT molecular complexity index is 1240. The van der Waals surface area contributed by atoms with E-state index in [-0.39, 0.29) is 5.82 Å². The third kappa shape index (κ3) is 4.56. The molecule has 2 aromatic carbocycles. The van der Waals surface area contributed by atoms with Crippen molar-refractivity contribution in [2.75, 3.05) is 13.7 Å². The van der Waals surface area contributed by atoms with Gasteiger partial charge in [0.05, 0.1) is 24.8 Å². The first-order chi connectivity index (χ1) is 15.8. The van der Waals surface area contributed by atoms with Crippen LogP contribution in [-0.4, -0.2) is 33.9 Å². The van der Waals surface area contributed by atoms with E-state index in [1.165, 1.54) is 12.1 Å². The number of oxime groups is 1. The molecular formula is C26H27FN4O2. The van der Waals surface area contributed by atoms with Gasteiger partial charge in [0, 0.05) is 30.8 Å². The molecule has 0 bridgehead atoms. The lowest BCUT2D eigenvalue weighted by molar-refractivity contribution is -0.0932. The average molecular weight is 447 g/mol. The van der Waals surface area contributed by atoms with Crippen LogP contribution in [0.25, 0.3) is 5.69 Å². The van der Waals surface area contributed by atoms with Crippen LogP contribution in [0.15, 0.2) is 60.1 Å². The first kappa shape index (κ1) is 22.4. The summed E-state index contributed by atoms with van der Waals surface area (Å²) < 4.78 is 21.0. The van der Waals surface area contributed by atoms with Gasteiger partial charge in [-0.05, 0) is 49.1 Å². The first-order valence-electron chi connectivity index (χ1n) is 10.8. The number of imidazole rings is 1. The van der Waals surface area contributed by atoms with Crippen molar-refractivity contribution < 1.29 is 14.0 Å². The molecule has 1 unspecified atom stereocenters. The van der Waals surface area contributed by atoms with Crippen molar-refractivity contribution in [2.45, 2.75) is 33.4 Å². The third-order valence-electron chi connectivity index (χ3n) is 5.50. The number of amidine groups is 1. The standard InChI is InChI=1S/C26H27FN4O2/c1-18(2)15-31-25(29-33-26(31,4)21-8-10-22(27)11-9-21)13-7-20-6-12-23(24(14-20)32-5)30-16-19(3)28-17-30/h6,8-12,14,16-18H,15H2,1-5H3. The maximum atomic E-state index is 13.5. The second kappa shape index (κ2) is 8.99. The Kier molecular flexibility index (Phi) is 6.10. The minimum absolute atomic E-state index is 0.292. The minimum atomic E-state index is -0.858. The van der Waals surface area contributed by atoms with E-state index in [2.05, 4.69) is 35.8 Å². The number of methoxy groups -OCH3 is 1. The fourth-order valence-corrected chi connectivity index (χ4v) is 3.77. The molecule has 0 saturated carbocycles. The molecule has 3 aromatic rings. The molecular weight excluding hydrogens is 419 g/mol. The molecule has 4 rings (SSSR count). The fraction of sp³-hybridized carbons (Fsp3) is 0.308. The van der Waals surface area contributed by atoms with Crippen molar-refractivity contribution in [3.05, 3.63) is 77.6 Å². The summed E-state index contributed by atoms with van der Waals surface area (Å²) in [6.45, 7) is 8.79. The number of nitrogens with zero attached hydrogens (tertiary/aromatic N) is 4. The van der Waals surface area contributed by atoms with Gasteiger partial charge in [-0.3, -0.25) is 0 Å². The van der Waals surface area contributed by atoms with Crippen LogP contribution in [0.1, 0.15) is 37.6 Å². The van der Waals surface area contributed by atoms with Gasteiger partial charge in [0.2, 0.25) is 11.6 Å². The molecule has 2 heterocycles. The van der Waals surface area contributed by atoms with Crippen molar-refractivity contribution in [1.29, 1.82) is 0 Å². The molecule has 1 aliphatic rings. The molecule has 33 heavy (non-hydrogen) atoms. The van der Waals surface area contributed by atoms with Gasteiger partial charge < -0.3 is 19.0 Å². The van der Waals surface area contributed by atoms with E-state index in [0.717, 1.165) is 22.5 Å². The summed E-state index contributed by atoms with van der Waals surface area (Å²) in [6.07, 6.45) is 3.69. The summed E-state index contributed by atoms with van der Waals surface area (Å²) in [7, 11) is 1.63. The Hall–Kier alpha value is -3.79. The Morgan fingerprint density at radius 3 is 2.55 bits per heavy atom. The second-order valence-corrected chi connectivity index (χ2v) is 8.56. The van der Waals surface area contributed by atoms with Gasteiger partial charge in [0.25, 0.3) is 0 Å². The maximum Gasteiger partial charge on any atom is 0.234 e. The van der Waals surface area contributed by atoms with Crippen LogP contribution in [0.3, 0.4) is 0 Å². The van der Waals surface area contributed by atoms with E-state index >= 15 is 0 Å². The molecule has 1 atom stereocenters. The topological polar surface area (TPSA) is 51.9 Å². The zero-order valence-corrected chi connectivity index (χ0v) is 19.5. The van der Waals surface area contributed by atoms with Crippen molar-refractivity contribution in [1.82, 2.24) is 14.5 Å². The number of aromatic nitrogens is 2. The normalized spacial score (nSPS) is 17.4. The van der Waals surface area contributed by atoms with Crippen LogP contribution < -0.4 is 4.74 Å². The SMILES string of the molecule is COc1cc(C#CC2=NOC(C)(c3ccc(F)cc3)N2CC(C)C)ccc1-n1cnc(C)c1. The molecule has 6 nitrogen and oxygen atoms in total. The van der Waals surface area contributed by atoms with Crippen LogP contribution >= 0.6 is 0 Å². The fourth-order valence-electron chi connectivity index (χ4n) is 3.77. The summed E-state index contributed by atoms with van der Waals surface area (Å²) >= 11 is 0. The molecule has 170 valence electrons. The van der Waals surface area contributed by atoms with Crippen molar-refractivity contribution in [3.8, 4) is 23.3 Å². The lowest BCUT2D eigenvalue weighted by atomic mass is 10.0. The van der Waals surface area contributed by atoms with Gasteiger partial charge in [-0.1, -0.05) is 37.1 Å². The van der Waals surface area contributed by atoms with Gasteiger partial charge in [0.1, 0.15) is 11.6 Å². The van der Waals surface area contributed by atoms with E-state index in [1.54, 1.807) is 25.6 Å². The molecule has 0 spiro atoms. The van der Waals surface area contributed by atoms with Crippen LogP contribution in [-0.2, 0) is 10.6 Å². The van der Waals surface area contributed by atoms with Crippen LogP contribution in [0, 0.1) is 30.5 Å². The number of rotatable bonds is 5. The number of ether oxygens (including phenoxy) is 1. The maximum absolute atomic E-state index is 13.5. The Labute approximate surface area is 193 Å². The number of hydrogen-bond donors (Lipinski definition) is 0. The average Bonchev–Trinajstić information content (AvgIpc) is 3.36. The Morgan fingerprint density at radius 2 is 1.91 bits per heavy atom. The highest BCUT2D eigenvalue weighted by atomic mass is 19.1. The lowest BCUT2D eigenvalue weighted by Crippen LogP contribution is -2.45. The van der Waals surface area contributed by atoms with E-state index in [9.17, 15) is 4.39 Å². The molecule has 0 amide bonds. The molecule has 1 aromatic heterocycles. The second-order valence-electron chi connectivity index (χ2n) is 8.56. The summed E-state index contributed by atoms with van der Waals surface area (Å²) in [4.78, 5) is 12.2. The summed E-state index contributed by atoms with van der Waals surface area (Å²) in [6, 6.07) is 12.1. The van der Waals surface area contributed by atoms with Gasteiger partial charge in [-0.15, -0.1) is 0 Å².